The average Bonchev–Trinajstić information content (AvgIpc) is 2.97. The number of aliphatic hydroxyl groups excluding tert-OH is 1. The molecular formula is C14H26BClN2O5. The maximum absolute atomic E-state index is 11.7. The predicted molar refractivity (Wildman–Crippen MR) is 87.0 cm³/mol. The summed E-state index contributed by atoms with van der Waals surface area (Å²) in [6.45, 7) is 1.37. The Labute approximate surface area is 141 Å². The van der Waals surface area contributed by atoms with Gasteiger partial charge in [0.05, 0.1) is 6.61 Å². The van der Waals surface area contributed by atoms with Gasteiger partial charge in [-0.3, -0.25) is 9.69 Å². The average molecular weight is 349 g/mol. The molecule has 2 aliphatic rings. The number of halogens is 1. The Kier molecular flexibility index (Phi) is 6.32. The molecule has 0 spiro atoms. The SMILES string of the molecule is NC1(C(=O)O)CC2CN(C(CO)CCl)CC2C1CCCB(O)O. The molecule has 9 heteroatoms. The van der Waals surface area contributed by atoms with Crippen LogP contribution >= 0.6 is 11.6 Å². The van der Waals surface area contributed by atoms with Gasteiger partial charge in [-0.25, -0.2) is 0 Å². The number of fused-ring (bicyclic) bond motifs is 1. The number of alkyl halides is 1. The smallest absolute Gasteiger partial charge is 0.451 e. The molecule has 1 saturated carbocycles. The van der Waals surface area contributed by atoms with Crippen molar-refractivity contribution in [2.45, 2.75) is 37.2 Å². The molecule has 1 aliphatic carbocycles. The Bertz CT molecular complexity index is 426. The first kappa shape index (κ1) is 19.0. The molecule has 0 radical (unpaired) electrons. The molecule has 5 atom stereocenters. The fourth-order valence-corrected chi connectivity index (χ4v) is 4.66. The highest BCUT2D eigenvalue weighted by atomic mass is 35.5. The third-order valence-corrected chi connectivity index (χ3v) is 5.94. The van der Waals surface area contributed by atoms with Gasteiger partial charge in [-0.05, 0) is 36.9 Å². The first-order valence-electron chi connectivity index (χ1n) is 8.12. The minimum Gasteiger partial charge on any atom is -0.480 e. The summed E-state index contributed by atoms with van der Waals surface area (Å²) in [6, 6.07) is -0.112. The summed E-state index contributed by atoms with van der Waals surface area (Å²) in [5.74, 6) is -0.529. The summed E-state index contributed by atoms with van der Waals surface area (Å²) in [6.07, 6.45) is 1.71. The lowest BCUT2D eigenvalue weighted by Gasteiger charge is -2.33. The van der Waals surface area contributed by atoms with Crippen LogP contribution in [0.1, 0.15) is 19.3 Å². The first-order valence-corrected chi connectivity index (χ1v) is 8.66. The van der Waals surface area contributed by atoms with E-state index in [2.05, 4.69) is 4.90 Å². The Morgan fingerprint density at radius 2 is 2.13 bits per heavy atom. The number of carboxylic acids is 1. The highest BCUT2D eigenvalue weighted by Crippen LogP contribution is 2.49. The highest BCUT2D eigenvalue weighted by Gasteiger charge is 2.58. The van der Waals surface area contributed by atoms with E-state index >= 15 is 0 Å². The summed E-state index contributed by atoms with van der Waals surface area (Å²) < 4.78 is 0. The van der Waals surface area contributed by atoms with Gasteiger partial charge in [-0.15, -0.1) is 11.6 Å². The van der Waals surface area contributed by atoms with Gasteiger partial charge in [0.15, 0.2) is 0 Å². The Balaban J connectivity index is 2.09. The monoisotopic (exact) mass is 348 g/mol. The molecule has 0 amide bonds. The third-order valence-electron chi connectivity index (χ3n) is 5.58. The van der Waals surface area contributed by atoms with Crippen LogP contribution in [0.5, 0.6) is 0 Å². The highest BCUT2D eigenvalue weighted by molar-refractivity contribution is 6.40. The number of nitrogens with zero attached hydrogens (tertiary/aromatic N) is 1. The Hall–Kier alpha value is -0.375. The maximum Gasteiger partial charge on any atom is 0.451 e. The largest absolute Gasteiger partial charge is 0.480 e. The van der Waals surface area contributed by atoms with E-state index in [1.165, 1.54) is 0 Å². The molecule has 0 aromatic carbocycles. The van der Waals surface area contributed by atoms with Gasteiger partial charge >= 0.3 is 13.1 Å². The van der Waals surface area contributed by atoms with Crippen LogP contribution in [0.4, 0.5) is 0 Å². The molecule has 0 aromatic heterocycles. The number of hydrogen-bond donors (Lipinski definition) is 5. The van der Waals surface area contributed by atoms with Crippen molar-refractivity contribution in [1.82, 2.24) is 4.90 Å². The summed E-state index contributed by atoms with van der Waals surface area (Å²) in [7, 11) is -1.38. The van der Waals surface area contributed by atoms with Crippen LogP contribution in [0, 0.1) is 17.8 Å². The lowest BCUT2D eigenvalue weighted by Crippen LogP contribution is -2.53. The van der Waals surface area contributed by atoms with Crippen LogP contribution in [0.3, 0.4) is 0 Å². The summed E-state index contributed by atoms with van der Waals surface area (Å²) in [5, 5.41) is 37.0. The quantitative estimate of drug-likeness (QED) is 0.287. The molecule has 1 heterocycles. The van der Waals surface area contributed by atoms with E-state index in [4.69, 9.17) is 27.4 Å². The van der Waals surface area contributed by atoms with E-state index in [9.17, 15) is 15.0 Å². The van der Waals surface area contributed by atoms with E-state index in [0.717, 1.165) is 0 Å². The predicted octanol–water partition coefficient (Wildman–Crippen LogP) is -0.811. The second-order valence-electron chi connectivity index (χ2n) is 6.94. The van der Waals surface area contributed by atoms with Crippen molar-refractivity contribution >= 4 is 24.7 Å². The van der Waals surface area contributed by atoms with Crippen molar-refractivity contribution in [3.05, 3.63) is 0 Å². The topological polar surface area (TPSA) is 127 Å². The second kappa shape index (κ2) is 7.67. The number of aliphatic carboxylic acids is 1. The second-order valence-corrected chi connectivity index (χ2v) is 7.24. The van der Waals surface area contributed by atoms with Crippen molar-refractivity contribution in [3.8, 4) is 0 Å². The summed E-state index contributed by atoms with van der Waals surface area (Å²) in [5.41, 5.74) is 4.97. The van der Waals surface area contributed by atoms with Crippen LogP contribution in [-0.4, -0.2) is 75.4 Å². The molecule has 132 valence electrons. The zero-order valence-electron chi connectivity index (χ0n) is 13.1. The van der Waals surface area contributed by atoms with Gasteiger partial charge in [0.25, 0.3) is 0 Å². The molecule has 5 unspecified atom stereocenters. The van der Waals surface area contributed by atoms with Gasteiger partial charge < -0.3 is 26.0 Å². The number of carbonyl (C=O) groups is 1. The molecule has 1 saturated heterocycles. The van der Waals surface area contributed by atoms with Crippen molar-refractivity contribution in [3.63, 3.8) is 0 Å². The zero-order valence-corrected chi connectivity index (χ0v) is 13.9. The minimum absolute atomic E-state index is 0.0169. The maximum atomic E-state index is 11.7. The van der Waals surface area contributed by atoms with Crippen LogP contribution in [0.2, 0.25) is 6.32 Å². The van der Waals surface area contributed by atoms with Crippen molar-refractivity contribution < 1.29 is 25.1 Å². The summed E-state index contributed by atoms with van der Waals surface area (Å²) in [4.78, 5) is 13.8. The van der Waals surface area contributed by atoms with Crippen LogP contribution in [0.15, 0.2) is 0 Å². The molecule has 6 N–H and O–H groups in total. The number of hydrogen-bond acceptors (Lipinski definition) is 6. The molecular weight excluding hydrogens is 322 g/mol. The molecule has 1 aliphatic heterocycles. The van der Waals surface area contributed by atoms with E-state index in [1.54, 1.807) is 0 Å². The number of rotatable bonds is 8. The molecule has 23 heavy (non-hydrogen) atoms. The summed E-state index contributed by atoms with van der Waals surface area (Å²) >= 11 is 5.89. The van der Waals surface area contributed by atoms with Crippen molar-refractivity contribution in [2.75, 3.05) is 25.6 Å². The third kappa shape index (κ3) is 3.83. The number of nitrogens with two attached hydrogens (primary N) is 1. The van der Waals surface area contributed by atoms with Crippen molar-refractivity contribution in [2.24, 2.45) is 23.5 Å². The van der Waals surface area contributed by atoms with Crippen molar-refractivity contribution in [1.29, 1.82) is 0 Å². The molecule has 0 aromatic rings. The lowest BCUT2D eigenvalue weighted by atomic mass is 9.76. The lowest BCUT2D eigenvalue weighted by molar-refractivity contribution is -0.145. The van der Waals surface area contributed by atoms with Gasteiger partial charge in [0.1, 0.15) is 5.54 Å². The number of carboxylic acid groups (broad SMARTS) is 1. The molecule has 7 nitrogen and oxygen atoms in total. The molecule has 0 bridgehead atoms. The number of aliphatic hydroxyl groups is 1. The van der Waals surface area contributed by atoms with Gasteiger partial charge in [-0.1, -0.05) is 6.42 Å². The molecule has 2 fully saturated rings. The number of likely N-dealkylation sites (tertiary alicyclic amines) is 1. The van der Waals surface area contributed by atoms with Gasteiger partial charge in [0, 0.05) is 25.0 Å². The standard InChI is InChI=1S/C14H26BClN2O5/c16-5-10(8-19)18-6-9-4-14(17,13(20)21)12(11(9)7-18)2-1-3-15(22)23/h9-12,19,22-23H,1-8,17H2,(H,20,21). The fraction of sp³-hybridized carbons (Fsp3) is 0.929. The van der Waals surface area contributed by atoms with Gasteiger partial charge in [0.2, 0.25) is 0 Å². The van der Waals surface area contributed by atoms with E-state index in [-0.39, 0.29) is 36.7 Å². The van der Waals surface area contributed by atoms with Crippen LogP contribution in [0.25, 0.3) is 0 Å². The fourth-order valence-electron chi connectivity index (χ4n) is 4.37. The van der Waals surface area contributed by atoms with Crippen LogP contribution in [-0.2, 0) is 4.79 Å². The zero-order chi connectivity index (χ0) is 17.2. The van der Waals surface area contributed by atoms with Gasteiger partial charge in [-0.2, -0.15) is 0 Å². The van der Waals surface area contributed by atoms with E-state index < -0.39 is 18.6 Å². The Morgan fingerprint density at radius 3 is 2.65 bits per heavy atom. The van der Waals surface area contributed by atoms with E-state index in [1.807, 2.05) is 0 Å². The first-order chi connectivity index (χ1) is 10.8. The van der Waals surface area contributed by atoms with Crippen LogP contribution < -0.4 is 5.73 Å². The normalized spacial score (nSPS) is 35.3. The molecule has 2 rings (SSSR count). The Morgan fingerprint density at radius 1 is 1.43 bits per heavy atom. The van der Waals surface area contributed by atoms with E-state index in [0.29, 0.717) is 38.2 Å². The minimum atomic E-state index is -1.38.